The molecular formula is C15H19N3O2. The van der Waals surface area contributed by atoms with Gasteiger partial charge in [0.25, 0.3) is 5.91 Å². The Morgan fingerprint density at radius 3 is 2.95 bits per heavy atom. The van der Waals surface area contributed by atoms with E-state index in [4.69, 9.17) is 4.74 Å². The molecule has 0 unspecified atom stereocenters. The molecule has 0 fully saturated rings. The van der Waals surface area contributed by atoms with Crippen LogP contribution in [0.15, 0.2) is 30.3 Å². The minimum Gasteiger partial charge on any atom is -0.483 e. The van der Waals surface area contributed by atoms with Gasteiger partial charge < -0.3 is 10.1 Å². The van der Waals surface area contributed by atoms with Gasteiger partial charge in [-0.2, -0.15) is 5.10 Å². The van der Waals surface area contributed by atoms with Gasteiger partial charge in [0.1, 0.15) is 5.75 Å². The summed E-state index contributed by atoms with van der Waals surface area (Å²) in [6.07, 6.45) is 1.95. The highest BCUT2D eigenvalue weighted by atomic mass is 16.5. The Balaban J connectivity index is 1.84. The fourth-order valence-electron chi connectivity index (χ4n) is 1.86. The second-order valence-corrected chi connectivity index (χ2v) is 4.63. The monoisotopic (exact) mass is 273 g/mol. The number of amides is 1. The van der Waals surface area contributed by atoms with Gasteiger partial charge in [0, 0.05) is 11.8 Å². The van der Waals surface area contributed by atoms with Gasteiger partial charge in [-0.1, -0.05) is 31.5 Å². The smallest absolute Gasteiger partial charge is 0.263 e. The van der Waals surface area contributed by atoms with E-state index in [0.717, 1.165) is 29.8 Å². The van der Waals surface area contributed by atoms with E-state index in [1.807, 2.05) is 37.3 Å². The van der Waals surface area contributed by atoms with Crippen LogP contribution in [0.2, 0.25) is 0 Å². The number of aromatic amines is 1. The summed E-state index contributed by atoms with van der Waals surface area (Å²) in [7, 11) is 0. The maximum atomic E-state index is 11.8. The maximum Gasteiger partial charge on any atom is 0.263 e. The molecule has 0 saturated heterocycles. The lowest BCUT2D eigenvalue weighted by Gasteiger charge is -2.08. The van der Waals surface area contributed by atoms with Crippen LogP contribution >= 0.6 is 0 Å². The van der Waals surface area contributed by atoms with Crippen LogP contribution < -0.4 is 10.1 Å². The number of aromatic nitrogens is 2. The molecular weight excluding hydrogens is 254 g/mol. The van der Waals surface area contributed by atoms with Crippen LogP contribution in [0.4, 0.5) is 5.82 Å². The first-order valence-corrected chi connectivity index (χ1v) is 6.71. The molecule has 0 radical (unpaired) electrons. The zero-order valence-electron chi connectivity index (χ0n) is 11.8. The Labute approximate surface area is 118 Å². The molecule has 0 aliphatic rings. The molecule has 1 heterocycles. The molecule has 1 aromatic carbocycles. The molecule has 0 aliphatic heterocycles. The van der Waals surface area contributed by atoms with Crippen LogP contribution in [0.25, 0.3) is 0 Å². The Morgan fingerprint density at radius 1 is 1.40 bits per heavy atom. The standard InChI is InChI=1S/C15H19N3O2/c1-3-6-12-9-14(18-17-12)16-15(19)10-20-13-8-5-4-7-11(13)2/h4-5,7-9H,3,6,10H2,1-2H3,(H2,16,17,18,19). The molecule has 2 aromatic rings. The number of carbonyl (C=O) groups is 1. The second-order valence-electron chi connectivity index (χ2n) is 4.63. The number of H-pyrrole nitrogens is 1. The fourth-order valence-corrected chi connectivity index (χ4v) is 1.86. The zero-order chi connectivity index (χ0) is 14.4. The number of aryl methyl sites for hydroxylation is 2. The first kappa shape index (κ1) is 14.1. The van der Waals surface area contributed by atoms with Gasteiger partial charge in [-0.25, -0.2) is 0 Å². The van der Waals surface area contributed by atoms with Gasteiger partial charge in [-0.15, -0.1) is 0 Å². The van der Waals surface area contributed by atoms with Crippen molar-refractivity contribution >= 4 is 11.7 Å². The third-order valence-electron chi connectivity index (χ3n) is 2.87. The maximum absolute atomic E-state index is 11.8. The van der Waals surface area contributed by atoms with E-state index >= 15 is 0 Å². The quantitative estimate of drug-likeness (QED) is 0.850. The van der Waals surface area contributed by atoms with Gasteiger partial charge in [-0.05, 0) is 25.0 Å². The molecule has 106 valence electrons. The number of anilines is 1. The SMILES string of the molecule is CCCc1cc(NC(=O)COc2ccccc2C)n[nH]1. The summed E-state index contributed by atoms with van der Waals surface area (Å²) >= 11 is 0. The largest absolute Gasteiger partial charge is 0.483 e. The Bertz CT molecular complexity index is 578. The van der Waals surface area contributed by atoms with Gasteiger partial charge in [0.2, 0.25) is 0 Å². The van der Waals surface area contributed by atoms with Gasteiger partial charge >= 0.3 is 0 Å². The van der Waals surface area contributed by atoms with E-state index in [-0.39, 0.29) is 12.5 Å². The Kier molecular flexibility index (Phi) is 4.76. The van der Waals surface area contributed by atoms with E-state index < -0.39 is 0 Å². The molecule has 5 nitrogen and oxygen atoms in total. The molecule has 0 spiro atoms. The number of para-hydroxylation sites is 1. The molecule has 0 saturated carbocycles. The normalized spacial score (nSPS) is 10.3. The molecule has 0 aliphatic carbocycles. The Hall–Kier alpha value is -2.30. The molecule has 0 atom stereocenters. The summed E-state index contributed by atoms with van der Waals surface area (Å²) in [6, 6.07) is 9.44. The summed E-state index contributed by atoms with van der Waals surface area (Å²) in [6.45, 7) is 4.01. The van der Waals surface area contributed by atoms with E-state index in [2.05, 4.69) is 22.4 Å². The van der Waals surface area contributed by atoms with Crippen LogP contribution in [-0.2, 0) is 11.2 Å². The minimum atomic E-state index is -0.220. The highest BCUT2D eigenvalue weighted by Crippen LogP contribution is 2.16. The van der Waals surface area contributed by atoms with E-state index in [1.54, 1.807) is 0 Å². The number of rotatable bonds is 6. The number of hydrogen-bond acceptors (Lipinski definition) is 3. The van der Waals surface area contributed by atoms with Crippen LogP contribution in [0.5, 0.6) is 5.75 Å². The van der Waals surface area contributed by atoms with Crippen molar-refractivity contribution in [3.63, 3.8) is 0 Å². The summed E-state index contributed by atoms with van der Waals surface area (Å²) in [5, 5.41) is 9.63. The van der Waals surface area contributed by atoms with Gasteiger partial charge in [0.15, 0.2) is 12.4 Å². The number of nitrogens with one attached hydrogen (secondary N) is 2. The highest BCUT2D eigenvalue weighted by molar-refractivity contribution is 5.90. The predicted octanol–water partition coefficient (Wildman–Crippen LogP) is 2.69. The molecule has 5 heteroatoms. The first-order valence-electron chi connectivity index (χ1n) is 6.71. The molecule has 2 N–H and O–H groups in total. The third kappa shape index (κ3) is 3.85. The average Bonchev–Trinajstić information content (AvgIpc) is 2.85. The lowest BCUT2D eigenvalue weighted by atomic mass is 10.2. The number of ether oxygens (including phenoxy) is 1. The van der Waals surface area contributed by atoms with Gasteiger partial charge in [-0.3, -0.25) is 9.89 Å². The van der Waals surface area contributed by atoms with E-state index in [0.29, 0.717) is 5.82 Å². The molecule has 1 amide bonds. The van der Waals surface area contributed by atoms with Crippen LogP contribution in [0.1, 0.15) is 24.6 Å². The average molecular weight is 273 g/mol. The fraction of sp³-hybridized carbons (Fsp3) is 0.333. The van der Waals surface area contributed by atoms with Crippen molar-refractivity contribution in [2.75, 3.05) is 11.9 Å². The summed E-state index contributed by atoms with van der Waals surface area (Å²) < 4.78 is 5.48. The van der Waals surface area contributed by atoms with E-state index in [1.165, 1.54) is 0 Å². The zero-order valence-corrected chi connectivity index (χ0v) is 11.8. The molecule has 20 heavy (non-hydrogen) atoms. The molecule has 1 aromatic heterocycles. The first-order chi connectivity index (χ1) is 9.69. The Morgan fingerprint density at radius 2 is 2.20 bits per heavy atom. The number of hydrogen-bond donors (Lipinski definition) is 2. The van der Waals surface area contributed by atoms with Crippen LogP contribution in [0, 0.1) is 6.92 Å². The number of nitrogens with zero attached hydrogens (tertiary/aromatic N) is 1. The van der Waals surface area contributed by atoms with Crippen molar-refractivity contribution in [1.29, 1.82) is 0 Å². The summed E-state index contributed by atoms with van der Waals surface area (Å²) in [5.41, 5.74) is 2.02. The third-order valence-corrected chi connectivity index (χ3v) is 2.87. The summed E-state index contributed by atoms with van der Waals surface area (Å²) in [5.74, 6) is 1.03. The van der Waals surface area contributed by atoms with Crippen LogP contribution in [-0.4, -0.2) is 22.7 Å². The second kappa shape index (κ2) is 6.75. The number of carbonyl (C=O) groups excluding carboxylic acids is 1. The van der Waals surface area contributed by atoms with Crippen molar-refractivity contribution < 1.29 is 9.53 Å². The molecule has 0 bridgehead atoms. The molecule has 2 rings (SSSR count). The minimum absolute atomic E-state index is 0.0270. The van der Waals surface area contributed by atoms with Crippen molar-refractivity contribution in [1.82, 2.24) is 10.2 Å². The lowest BCUT2D eigenvalue weighted by Crippen LogP contribution is -2.20. The predicted molar refractivity (Wildman–Crippen MR) is 77.9 cm³/mol. The topological polar surface area (TPSA) is 67.0 Å². The lowest BCUT2D eigenvalue weighted by molar-refractivity contribution is -0.118. The van der Waals surface area contributed by atoms with Crippen molar-refractivity contribution in [2.24, 2.45) is 0 Å². The van der Waals surface area contributed by atoms with Crippen molar-refractivity contribution in [3.05, 3.63) is 41.6 Å². The summed E-state index contributed by atoms with van der Waals surface area (Å²) in [4.78, 5) is 11.8. The van der Waals surface area contributed by atoms with Crippen molar-refractivity contribution in [2.45, 2.75) is 26.7 Å². The van der Waals surface area contributed by atoms with Gasteiger partial charge in [0.05, 0.1) is 0 Å². The number of benzene rings is 1. The van der Waals surface area contributed by atoms with Crippen molar-refractivity contribution in [3.8, 4) is 5.75 Å². The van der Waals surface area contributed by atoms with Crippen LogP contribution in [0.3, 0.4) is 0 Å². The van der Waals surface area contributed by atoms with E-state index in [9.17, 15) is 4.79 Å². The highest BCUT2D eigenvalue weighted by Gasteiger charge is 2.07.